The molecule has 1 aliphatic heterocycles. The SMILES string of the molecule is CC1(C)C[C@@H](c2nc(Br)c3c(Cl)nccn23)N(C(=O)OCc2ccccc2)C1. The fraction of sp³-hybridized carbons (Fsp3) is 0.350. The molecule has 0 unspecified atom stereocenters. The van der Waals surface area contributed by atoms with E-state index in [1.807, 2.05) is 40.9 Å². The van der Waals surface area contributed by atoms with Crippen molar-refractivity contribution in [2.45, 2.75) is 32.9 Å². The molecule has 4 rings (SSSR count). The summed E-state index contributed by atoms with van der Waals surface area (Å²) in [5, 5.41) is 0.364. The Balaban J connectivity index is 1.64. The molecule has 1 aliphatic rings. The van der Waals surface area contributed by atoms with Gasteiger partial charge >= 0.3 is 6.09 Å². The van der Waals surface area contributed by atoms with Crippen LogP contribution in [0.4, 0.5) is 4.79 Å². The molecular formula is C20H20BrClN4O2. The van der Waals surface area contributed by atoms with Crippen LogP contribution >= 0.6 is 27.5 Å². The van der Waals surface area contributed by atoms with Crippen LogP contribution in [0.5, 0.6) is 0 Å². The van der Waals surface area contributed by atoms with E-state index in [2.05, 4.69) is 39.7 Å². The van der Waals surface area contributed by atoms with E-state index in [0.29, 0.717) is 21.8 Å². The molecule has 2 aromatic heterocycles. The Morgan fingerprint density at radius 3 is 2.86 bits per heavy atom. The van der Waals surface area contributed by atoms with Crippen LogP contribution in [-0.4, -0.2) is 31.9 Å². The molecule has 1 aromatic carbocycles. The first-order valence-corrected chi connectivity index (χ1v) is 10.2. The van der Waals surface area contributed by atoms with Gasteiger partial charge in [0.25, 0.3) is 0 Å². The zero-order valence-electron chi connectivity index (χ0n) is 15.6. The summed E-state index contributed by atoms with van der Waals surface area (Å²) in [5.41, 5.74) is 1.60. The fourth-order valence-electron chi connectivity index (χ4n) is 3.71. The van der Waals surface area contributed by atoms with Crippen molar-refractivity contribution in [2.24, 2.45) is 5.41 Å². The van der Waals surface area contributed by atoms with Crippen molar-refractivity contribution in [2.75, 3.05) is 6.54 Å². The number of fused-ring (bicyclic) bond motifs is 1. The number of rotatable bonds is 3. The van der Waals surface area contributed by atoms with Gasteiger partial charge in [-0.2, -0.15) is 0 Å². The van der Waals surface area contributed by atoms with Gasteiger partial charge in [-0.1, -0.05) is 55.8 Å². The highest BCUT2D eigenvalue weighted by Crippen LogP contribution is 2.43. The molecule has 8 heteroatoms. The lowest BCUT2D eigenvalue weighted by atomic mass is 9.90. The Morgan fingerprint density at radius 2 is 2.11 bits per heavy atom. The van der Waals surface area contributed by atoms with Gasteiger partial charge in [0.1, 0.15) is 22.6 Å². The van der Waals surface area contributed by atoms with Crippen LogP contribution < -0.4 is 0 Å². The molecule has 3 heterocycles. The van der Waals surface area contributed by atoms with Crippen LogP contribution in [0, 0.1) is 5.41 Å². The molecule has 1 saturated heterocycles. The summed E-state index contributed by atoms with van der Waals surface area (Å²) in [4.78, 5) is 23.5. The molecule has 1 fully saturated rings. The largest absolute Gasteiger partial charge is 0.445 e. The van der Waals surface area contributed by atoms with E-state index in [4.69, 9.17) is 16.3 Å². The van der Waals surface area contributed by atoms with Crippen molar-refractivity contribution >= 4 is 39.1 Å². The first-order chi connectivity index (χ1) is 13.4. The quantitative estimate of drug-likeness (QED) is 0.532. The van der Waals surface area contributed by atoms with Crippen LogP contribution in [0.25, 0.3) is 5.52 Å². The molecule has 28 heavy (non-hydrogen) atoms. The lowest BCUT2D eigenvalue weighted by Gasteiger charge is -2.23. The van der Waals surface area contributed by atoms with Crippen LogP contribution in [0.2, 0.25) is 5.15 Å². The number of ether oxygens (including phenoxy) is 1. The standard InChI is InChI=1S/C20H20BrClN4O2/c1-20(2)10-14(18-24-16(21)15-17(22)23-8-9-25(15)18)26(12-20)19(27)28-11-13-6-4-3-5-7-13/h3-9,14H,10-12H2,1-2H3/t14-/m0/s1. The smallest absolute Gasteiger partial charge is 0.410 e. The molecule has 0 radical (unpaired) electrons. The second-order valence-corrected chi connectivity index (χ2v) is 8.86. The zero-order valence-corrected chi connectivity index (χ0v) is 17.9. The second-order valence-electron chi connectivity index (χ2n) is 7.75. The molecule has 0 bridgehead atoms. The Labute approximate surface area is 176 Å². The molecule has 0 saturated carbocycles. The molecule has 0 spiro atoms. The Hall–Kier alpha value is -2.12. The normalized spacial score (nSPS) is 18.6. The molecular weight excluding hydrogens is 444 g/mol. The van der Waals surface area contributed by atoms with E-state index in [-0.39, 0.29) is 24.2 Å². The van der Waals surface area contributed by atoms with E-state index >= 15 is 0 Å². The maximum atomic E-state index is 12.9. The van der Waals surface area contributed by atoms with E-state index in [0.717, 1.165) is 17.8 Å². The van der Waals surface area contributed by atoms with Gasteiger partial charge in [0, 0.05) is 18.9 Å². The predicted octanol–water partition coefficient (Wildman–Crippen LogP) is 5.26. The molecule has 1 amide bonds. The minimum atomic E-state index is -0.340. The van der Waals surface area contributed by atoms with E-state index < -0.39 is 0 Å². The Morgan fingerprint density at radius 1 is 1.36 bits per heavy atom. The number of likely N-dealkylation sites (tertiary alicyclic amines) is 1. The summed E-state index contributed by atoms with van der Waals surface area (Å²) >= 11 is 9.72. The minimum Gasteiger partial charge on any atom is -0.445 e. The maximum absolute atomic E-state index is 12.9. The number of nitrogens with zero attached hydrogens (tertiary/aromatic N) is 4. The second kappa shape index (κ2) is 7.37. The van der Waals surface area contributed by atoms with Gasteiger partial charge in [0.05, 0.1) is 6.04 Å². The third kappa shape index (κ3) is 3.61. The molecule has 146 valence electrons. The van der Waals surface area contributed by atoms with Crippen molar-refractivity contribution in [1.29, 1.82) is 0 Å². The Kier molecular flexibility index (Phi) is 5.05. The van der Waals surface area contributed by atoms with Crippen LogP contribution in [-0.2, 0) is 11.3 Å². The minimum absolute atomic E-state index is 0.0500. The van der Waals surface area contributed by atoms with Crippen molar-refractivity contribution in [3.8, 4) is 0 Å². The summed E-state index contributed by atoms with van der Waals surface area (Å²) in [7, 11) is 0. The summed E-state index contributed by atoms with van der Waals surface area (Å²) in [6.45, 7) is 5.12. The van der Waals surface area contributed by atoms with Gasteiger partial charge in [-0.15, -0.1) is 0 Å². The molecule has 3 aromatic rings. The van der Waals surface area contributed by atoms with Crippen molar-refractivity contribution in [3.63, 3.8) is 0 Å². The fourth-order valence-corrected chi connectivity index (χ4v) is 4.62. The van der Waals surface area contributed by atoms with E-state index in [1.54, 1.807) is 11.1 Å². The number of hydrogen-bond donors (Lipinski definition) is 0. The molecule has 0 N–H and O–H groups in total. The Bertz CT molecular complexity index is 1020. The van der Waals surface area contributed by atoms with Gasteiger partial charge < -0.3 is 4.74 Å². The lowest BCUT2D eigenvalue weighted by Crippen LogP contribution is -2.33. The van der Waals surface area contributed by atoms with Gasteiger partial charge in [-0.25, -0.2) is 14.8 Å². The zero-order chi connectivity index (χ0) is 19.9. The molecule has 0 aliphatic carbocycles. The average molecular weight is 464 g/mol. The number of aromatic nitrogens is 3. The van der Waals surface area contributed by atoms with Crippen LogP contribution in [0.15, 0.2) is 47.3 Å². The summed E-state index contributed by atoms with van der Waals surface area (Å²) < 4.78 is 8.11. The van der Waals surface area contributed by atoms with Crippen molar-refractivity contribution in [3.05, 3.63) is 63.9 Å². The van der Waals surface area contributed by atoms with Crippen molar-refractivity contribution < 1.29 is 9.53 Å². The van der Waals surface area contributed by atoms with Crippen LogP contribution in [0.3, 0.4) is 0 Å². The summed E-state index contributed by atoms with van der Waals surface area (Å²) in [6.07, 6.45) is 3.88. The number of imidazole rings is 1. The van der Waals surface area contributed by atoms with Gasteiger partial charge in [0.15, 0.2) is 5.15 Å². The molecule has 6 nitrogen and oxygen atoms in total. The van der Waals surface area contributed by atoms with Crippen LogP contribution in [0.1, 0.15) is 37.7 Å². The number of amides is 1. The van der Waals surface area contributed by atoms with Crippen molar-refractivity contribution in [1.82, 2.24) is 19.3 Å². The highest BCUT2D eigenvalue weighted by molar-refractivity contribution is 9.10. The number of halogens is 2. The highest BCUT2D eigenvalue weighted by Gasteiger charge is 2.43. The third-order valence-corrected chi connectivity index (χ3v) is 5.78. The number of benzene rings is 1. The lowest BCUT2D eigenvalue weighted by molar-refractivity contribution is 0.0887. The maximum Gasteiger partial charge on any atom is 0.410 e. The average Bonchev–Trinajstić information content (AvgIpc) is 3.18. The topological polar surface area (TPSA) is 59.7 Å². The number of hydrogen-bond acceptors (Lipinski definition) is 4. The van der Waals surface area contributed by atoms with E-state index in [1.165, 1.54) is 0 Å². The number of carbonyl (C=O) groups is 1. The number of carbonyl (C=O) groups excluding carboxylic acids is 1. The monoisotopic (exact) mass is 462 g/mol. The highest BCUT2D eigenvalue weighted by atomic mass is 79.9. The summed E-state index contributed by atoms with van der Waals surface area (Å²) in [5.74, 6) is 0.744. The first-order valence-electron chi connectivity index (χ1n) is 9.01. The summed E-state index contributed by atoms with van der Waals surface area (Å²) in [6, 6.07) is 9.45. The van der Waals surface area contributed by atoms with Gasteiger partial charge in [0.2, 0.25) is 0 Å². The predicted molar refractivity (Wildman–Crippen MR) is 110 cm³/mol. The van der Waals surface area contributed by atoms with Gasteiger partial charge in [-0.3, -0.25) is 9.30 Å². The van der Waals surface area contributed by atoms with E-state index in [9.17, 15) is 4.79 Å². The molecule has 1 atom stereocenters. The van der Waals surface area contributed by atoms with Gasteiger partial charge in [-0.05, 0) is 33.3 Å². The first kappa shape index (κ1) is 19.2. The third-order valence-electron chi connectivity index (χ3n) is 4.95.